The van der Waals surface area contributed by atoms with Gasteiger partial charge in [-0.1, -0.05) is 0 Å². The topological polar surface area (TPSA) is 38.5 Å². The molecule has 0 saturated heterocycles. The molecule has 0 amide bonds. The molecule has 0 N–H and O–H groups in total. The lowest BCUT2D eigenvalue weighted by molar-refractivity contribution is 0.101. The largest absolute Gasteiger partial charge is 0.313 e. The summed E-state index contributed by atoms with van der Waals surface area (Å²) in [6.45, 7) is 4.83. The fourth-order valence-electron chi connectivity index (χ4n) is 2.11. The van der Waals surface area contributed by atoms with Gasteiger partial charge in [0.15, 0.2) is 11.6 Å². The molecule has 0 aromatic carbocycles. The van der Waals surface area contributed by atoms with Crippen LogP contribution in [0.15, 0.2) is 22.8 Å². The average molecular weight is 294 g/mol. The molecule has 2 rings (SSSR count). The third-order valence-electron chi connectivity index (χ3n) is 2.82. The summed E-state index contributed by atoms with van der Waals surface area (Å²) >= 11 is 3.38. The highest BCUT2D eigenvalue weighted by molar-refractivity contribution is 9.10. The molecule has 0 aliphatic carbocycles. The highest BCUT2D eigenvalue weighted by atomic mass is 79.9. The van der Waals surface area contributed by atoms with Gasteiger partial charge in [-0.25, -0.2) is 0 Å². The van der Waals surface area contributed by atoms with Gasteiger partial charge in [-0.15, -0.1) is 0 Å². The molecular weight excluding hydrogens is 282 g/mol. The van der Waals surface area contributed by atoms with Gasteiger partial charge in [0, 0.05) is 28.7 Å². The number of ketones is 2. The van der Waals surface area contributed by atoms with Crippen molar-refractivity contribution in [1.82, 2.24) is 4.40 Å². The second-order valence-corrected chi connectivity index (χ2v) is 5.01. The maximum absolute atomic E-state index is 11.7. The van der Waals surface area contributed by atoms with E-state index in [1.807, 2.05) is 22.7 Å². The van der Waals surface area contributed by atoms with E-state index in [9.17, 15) is 9.59 Å². The molecule has 4 heteroatoms. The van der Waals surface area contributed by atoms with Crippen LogP contribution in [0.1, 0.15) is 40.3 Å². The van der Waals surface area contributed by atoms with Gasteiger partial charge in [0.25, 0.3) is 0 Å². The van der Waals surface area contributed by atoms with Gasteiger partial charge in [0.05, 0.1) is 5.69 Å². The summed E-state index contributed by atoms with van der Waals surface area (Å²) in [6.07, 6.45) is 1.84. The van der Waals surface area contributed by atoms with Crippen LogP contribution >= 0.6 is 15.9 Å². The van der Waals surface area contributed by atoms with E-state index in [-0.39, 0.29) is 11.6 Å². The van der Waals surface area contributed by atoms with Crippen molar-refractivity contribution in [2.45, 2.75) is 20.8 Å². The second-order valence-electron chi connectivity index (χ2n) is 4.10. The monoisotopic (exact) mass is 293 g/mol. The molecule has 0 aliphatic heterocycles. The summed E-state index contributed by atoms with van der Waals surface area (Å²) < 4.78 is 2.70. The maximum atomic E-state index is 11.7. The molecule has 3 nitrogen and oxygen atoms in total. The number of Topliss-reactive ketones (excluding diaryl/α,β-unsaturated/α-hetero) is 2. The SMILES string of the molecule is CC(=O)c1cc2cc(Br)cn2c(C(C)=O)c1C. The molecule has 0 aliphatic rings. The third-order valence-corrected chi connectivity index (χ3v) is 3.26. The normalized spacial score (nSPS) is 10.8. The van der Waals surface area contributed by atoms with Crippen molar-refractivity contribution in [3.05, 3.63) is 39.6 Å². The Morgan fingerprint density at radius 3 is 2.35 bits per heavy atom. The molecule has 0 bridgehead atoms. The summed E-state index contributed by atoms with van der Waals surface area (Å²) in [6, 6.07) is 3.70. The summed E-state index contributed by atoms with van der Waals surface area (Å²) in [5.41, 5.74) is 2.75. The Hall–Kier alpha value is -1.42. The van der Waals surface area contributed by atoms with E-state index in [1.54, 1.807) is 6.92 Å². The van der Waals surface area contributed by atoms with Crippen LogP contribution in [0.5, 0.6) is 0 Å². The number of carbonyl (C=O) groups excluding carboxylic acids is 2. The molecule has 0 saturated carbocycles. The number of hydrogen-bond donors (Lipinski definition) is 0. The van der Waals surface area contributed by atoms with E-state index in [2.05, 4.69) is 15.9 Å². The Labute approximate surface area is 108 Å². The van der Waals surface area contributed by atoms with E-state index in [0.29, 0.717) is 11.3 Å². The van der Waals surface area contributed by atoms with Gasteiger partial charge in [-0.2, -0.15) is 0 Å². The van der Waals surface area contributed by atoms with E-state index in [4.69, 9.17) is 0 Å². The van der Waals surface area contributed by atoms with Gasteiger partial charge in [0.1, 0.15) is 0 Å². The molecule has 2 heterocycles. The molecule has 17 heavy (non-hydrogen) atoms. The molecule has 2 aromatic heterocycles. The summed E-state index contributed by atoms with van der Waals surface area (Å²) in [4.78, 5) is 23.3. The number of halogens is 1. The Morgan fingerprint density at radius 1 is 1.18 bits per heavy atom. The number of carbonyl (C=O) groups is 2. The maximum Gasteiger partial charge on any atom is 0.176 e. The lowest BCUT2D eigenvalue weighted by Gasteiger charge is -2.10. The fourth-order valence-corrected chi connectivity index (χ4v) is 2.55. The van der Waals surface area contributed by atoms with Crippen molar-refractivity contribution in [3.8, 4) is 0 Å². The smallest absolute Gasteiger partial charge is 0.176 e. The minimum absolute atomic E-state index is 0.0233. The van der Waals surface area contributed by atoms with Gasteiger partial charge >= 0.3 is 0 Å². The molecule has 0 radical (unpaired) electrons. The first-order valence-electron chi connectivity index (χ1n) is 5.25. The first-order chi connectivity index (χ1) is 7.91. The number of nitrogens with zero attached hydrogens (tertiary/aromatic N) is 1. The van der Waals surface area contributed by atoms with Gasteiger partial charge in [-0.05, 0) is 47.5 Å². The number of pyridine rings is 1. The second kappa shape index (κ2) is 4.11. The van der Waals surface area contributed by atoms with Crippen molar-refractivity contribution in [2.24, 2.45) is 0 Å². The molecule has 0 spiro atoms. The quantitative estimate of drug-likeness (QED) is 0.796. The van der Waals surface area contributed by atoms with Crippen LogP contribution in [-0.2, 0) is 0 Å². The number of hydrogen-bond acceptors (Lipinski definition) is 2. The van der Waals surface area contributed by atoms with Crippen molar-refractivity contribution < 1.29 is 9.59 Å². The molecule has 88 valence electrons. The molecule has 2 aromatic rings. The third kappa shape index (κ3) is 1.93. The van der Waals surface area contributed by atoms with Crippen LogP contribution in [0.2, 0.25) is 0 Å². The average Bonchev–Trinajstić information content (AvgIpc) is 2.55. The van der Waals surface area contributed by atoms with Crippen LogP contribution in [0.4, 0.5) is 0 Å². The van der Waals surface area contributed by atoms with Crippen LogP contribution < -0.4 is 0 Å². The Kier molecular flexibility index (Phi) is 2.91. The first-order valence-corrected chi connectivity index (χ1v) is 6.04. The molecular formula is C13H12BrNO2. The number of aromatic nitrogens is 1. The van der Waals surface area contributed by atoms with E-state index < -0.39 is 0 Å². The summed E-state index contributed by atoms with van der Waals surface area (Å²) in [5, 5.41) is 0. The van der Waals surface area contributed by atoms with Crippen LogP contribution in [0, 0.1) is 6.92 Å². The zero-order valence-corrected chi connectivity index (χ0v) is 11.5. The van der Waals surface area contributed by atoms with Crippen molar-refractivity contribution in [3.63, 3.8) is 0 Å². The highest BCUT2D eigenvalue weighted by Crippen LogP contribution is 2.23. The minimum Gasteiger partial charge on any atom is -0.313 e. The van der Waals surface area contributed by atoms with Crippen LogP contribution in [-0.4, -0.2) is 16.0 Å². The first kappa shape index (κ1) is 12.0. The Bertz CT molecular complexity index is 640. The van der Waals surface area contributed by atoms with Gasteiger partial charge in [-0.3, -0.25) is 9.59 Å². The summed E-state index contributed by atoms with van der Waals surface area (Å²) in [7, 11) is 0. The predicted octanol–water partition coefficient (Wildman–Crippen LogP) is 3.42. The summed E-state index contributed by atoms with van der Waals surface area (Å²) in [5.74, 6) is -0.0662. The standard InChI is InChI=1S/C13H12BrNO2/c1-7-12(8(2)16)5-11-4-10(14)6-15(11)13(7)9(3)17/h4-6H,1-3H3. The minimum atomic E-state index is -0.0429. The van der Waals surface area contributed by atoms with E-state index in [1.165, 1.54) is 13.8 Å². The van der Waals surface area contributed by atoms with Crippen molar-refractivity contribution in [2.75, 3.05) is 0 Å². The van der Waals surface area contributed by atoms with Crippen molar-refractivity contribution in [1.29, 1.82) is 0 Å². The van der Waals surface area contributed by atoms with Gasteiger partial charge < -0.3 is 4.40 Å². The lowest BCUT2D eigenvalue weighted by atomic mass is 10.0. The lowest BCUT2D eigenvalue weighted by Crippen LogP contribution is -2.09. The van der Waals surface area contributed by atoms with Crippen LogP contribution in [0.3, 0.4) is 0 Å². The zero-order chi connectivity index (χ0) is 12.7. The van der Waals surface area contributed by atoms with E-state index >= 15 is 0 Å². The fraction of sp³-hybridized carbons (Fsp3) is 0.231. The molecule has 0 unspecified atom stereocenters. The Morgan fingerprint density at radius 2 is 1.82 bits per heavy atom. The van der Waals surface area contributed by atoms with Gasteiger partial charge in [0.2, 0.25) is 0 Å². The zero-order valence-electron chi connectivity index (χ0n) is 9.87. The molecule has 0 fully saturated rings. The van der Waals surface area contributed by atoms with Crippen molar-refractivity contribution >= 4 is 33.0 Å². The number of fused-ring (bicyclic) bond motifs is 1. The predicted molar refractivity (Wildman–Crippen MR) is 69.8 cm³/mol. The highest BCUT2D eigenvalue weighted by Gasteiger charge is 2.16. The Balaban J connectivity index is 2.94. The number of rotatable bonds is 2. The van der Waals surface area contributed by atoms with Crippen LogP contribution in [0.25, 0.3) is 5.52 Å². The van der Waals surface area contributed by atoms with E-state index in [0.717, 1.165) is 15.6 Å². The molecule has 0 atom stereocenters.